The Morgan fingerprint density at radius 3 is 2.39 bits per heavy atom. The van der Waals surface area contributed by atoms with Crippen LogP contribution in [0.25, 0.3) is 0 Å². The lowest BCUT2D eigenvalue weighted by atomic mass is 10.2. The van der Waals surface area contributed by atoms with Gasteiger partial charge in [-0.3, -0.25) is 4.84 Å². The van der Waals surface area contributed by atoms with Crippen molar-refractivity contribution in [2.75, 3.05) is 33.2 Å². The summed E-state index contributed by atoms with van der Waals surface area (Å²) < 4.78 is 29.8. The lowest BCUT2D eigenvalue weighted by Crippen LogP contribution is -2.36. The molecule has 1 rings (SSSR count). The van der Waals surface area contributed by atoms with Crippen molar-refractivity contribution in [1.29, 1.82) is 0 Å². The van der Waals surface area contributed by atoms with E-state index in [1.807, 2.05) is 6.92 Å². The van der Waals surface area contributed by atoms with Crippen LogP contribution in [0.3, 0.4) is 0 Å². The van der Waals surface area contributed by atoms with E-state index in [2.05, 4.69) is 10.6 Å². The summed E-state index contributed by atoms with van der Waals surface area (Å²) in [4.78, 5) is 16.6. The zero-order valence-electron chi connectivity index (χ0n) is 13.7. The van der Waals surface area contributed by atoms with Crippen molar-refractivity contribution in [2.24, 2.45) is 0 Å². The second-order valence-corrected chi connectivity index (χ2v) is 6.84. The van der Waals surface area contributed by atoms with E-state index >= 15 is 0 Å². The van der Waals surface area contributed by atoms with Gasteiger partial charge in [-0.2, -0.15) is 0 Å². The third kappa shape index (κ3) is 5.79. The number of urea groups is 1. The summed E-state index contributed by atoms with van der Waals surface area (Å²) in [5.41, 5.74) is 0.487. The predicted molar refractivity (Wildman–Crippen MR) is 86.5 cm³/mol. The molecule has 2 N–H and O–H groups in total. The number of carbonyl (C=O) groups excluding carboxylic acids is 1. The number of hydroxylamine groups is 1. The van der Waals surface area contributed by atoms with Gasteiger partial charge in [0.15, 0.2) is 0 Å². The maximum Gasteiger partial charge on any atom is 0.319 e. The topological polar surface area (TPSA) is 97.0 Å². The molecule has 0 aliphatic carbocycles. The van der Waals surface area contributed by atoms with Crippen LogP contribution in [0.15, 0.2) is 29.2 Å². The fourth-order valence-electron chi connectivity index (χ4n) is 1.71. The maximum absolute atomic E-state index is 12.0. The van der Waals surface area contributed by atoms with Crippen molar-refractivity contribution in [3.8, 4) is 0 Å². The summed E-state index contributed by atoms with van der Waals surface area (Å²) >= 11 is 0. The fraction of sp³-hybridized carbons (Fsp3) is 0.500. The summed E-state index contributed by atoms with van der Waals surface area (Å²) in [5, 5.41) is 5.40. The molecule has 130 valence electrons. The number of ether oxygens (including phenoxy) is 1. The van der Waals surface area contributed by atoms with Gasteiger partial charge in [0.2, 0.25) is 0 Å². The molecule has 1 atom stereocenters. The Balaban J connectivity index is 2.66. The predicted octanol–water partition coefficient (Wildman–Crippen LogP) is 1.41. The highest BCUT2D eigenvalue weighted by molar-refractivity contribution is 7.89. The number of hydrogen-bond donors (Lipinski definition) is 2. The Morgan fingerprint density at radius 2 is 1.87 bits per heavy atom. The zero-order chi connectivity index (χ0) is 17.5. The van der Waals surface area contributed by atoms with Crippen molar-refractivity contribution < 1.29 is 22.8 Å². The molecule has 0 aliphatic heterocycles. The van der Waals surface area contributed by atoms with Gasteiger partial charge < -0.3 is 15.4 Å². The number of rotatable bonds is 8. The molecule has 1 aromatic carbocycles. The van der Waals surface area contributed by atoms with Crippen LogP contribution in [0, 0.1) is 0 Å². The third-order valence-corrected chi connectivity index (χ3v) is 4.83. The minimum absolute atomic E-state index is 0.0371. The van der Waals surface area contributed by atoms with Crippen molar-refractivity contribution in [1.82, 2.24) is 9.79 Å². The smallest absolute Gasteiger partial charge is 0.319 e. The van der Waals surface area contributed by atoms with E-state index in [0.717, 1.165) is 4.47 Å². The van der Waals surface area contributed by atoms with Crippen LogP contribution in [0.4, 0.5) is 10.5 Å². The van der Waals surface area contributed by atoms with E-state index in [1.54, 1.807) is 7.11 Å². The first-order valence-corrected chi connectivity index (χ1v) is 8.44. The van der Waals surface area contributed by atoms with Gasteiger partial charge in [0, 0.05) is 32.5 Å². The summed E-state index contributed by atoms with van der Waals surface area (Å²) in [6.07, 6.45) is 0.699. The van der Waals surface area contributed by atoms with E-state index in [4.69, 9.17) is 9.57 Å². The Bertz CT molecular complexity index is 603. The van der Waals surface area contributed by atoms with Crippen LogP contribution in [0.1, 0.15) is 13.3 Å². The highest BCUT2D eigenvalue weighted by Gasteiger charge is 2.20. The second kappa shape index (κ2) is 8.82. The number of amides is 2. The largest absolute Gasteiger partial charge is 0.385 e. The van der Waals surface area contributed by atoms with Crippen LogP contribution >= 0.6 is 0 Å². The molecule has 0 saturated heterocycles. The Labute approximate surface area is 136 Å². The van der Waals surface area contributed by atoms with Crippen molar-refractivity contribution >= 4 is 21.7 Å². The van der Waals surface area contributed by atoms with Gasteiger partial charge >= 0.3 is 6.03 Å². The molecule has 0 fully saturated rings. The molecule has 1 unspecified atom stereocenters. The van der Waals surface area contributed by atoms with E-state index in [0.29, 0.717) is 18.7 Å². The highest BCUT2D eigenvalue weighted by Crippen LogP contribution is 2.17. The Kier molecular flexibility index (Phi) is 7.43. The molecular weight excluding hydrogens is 322 g/mol. The molecule has 9 heteroatoms. The molecule has 0 heterocycles. The average Bonchev–Trinajstić information content (AvgIpc) is 2.52. The van der Waals surface area contributed by atoms with Crippen molar-refractivity contribution in [3.63, 3.8) is 0 Å². The number of methoxy groups -OCH3 is 1. The molecule has 23 heavy (non-hydrogen) atoms. The maximum atomic E-state index is 12.0. The first-order valence-electron chi connectivity index (χ1n) is 7.00. The first kappa shape index (κ1) is 19.4. The van der Waals surface area contributed by atoms with Gasteiger partial charge in [-0.05, 0) is 37.6 Å². The van der Waals surface area contributed by atoms with Crippen LogP contribution in [-0.2, 0) is 19.6 Å². The number of anilines is 1. The molecule has 0 spiro atoms. The number of carbonyl (C=O) groups is 1. The second-order valence-electron chi connectivity index (χ2n) is 4.90. The van der Waals surface area contributed by atoms with Crippen LogP contribution in [-0.4, -0.2) is 52.8 Å². The minimum atomic E-state index is -3.69. The molecule has 8 nitrogen and oxygen atoms in total. The third-order valence-electron chi connectivity index (χ3n) is 3.14. The van der Waals surface area contributed by atoms with Gasteiger partial charge in [-0.1, -0.05) is 4.47 Å². The van der Waals surface area contributed by atoms with E-state index in [-0.39, 0.29) is 17.0 Å². The summed E-state index contributed by atoms with van der Waals surface area (Å²) in [7, 11) is 0.474. The fourth-order valence-corrected chi connectivity index (χ4v) is 2.69. The highest BCUT2D eigenvalue weighted by atomic mass is 32.2. The number of benzene rings is 1. The number of sulfonamides is 1. The number of nitrogens with one attached hydrogen (secondary N) is 2. The lowest BCUT2D eigenvalue weighted by Gasteiger charge is -2.15. The van der Waals surface area contributed by atoms with Gasteiger partial charge in [0.25, 0.3) is 10.0 Å². The van der Waals surface area contributed by atoms with Crippen LogP contribution in [0.5, 0.6) is 0 Å². The summed E-state index contributed by atoms with van der Waals surface area (Å²) in [5.74, 6) is 0. The first-order chi connectivity index (χ1) is 10.8. The van der Waals surface area contributed by atoms with Crippen molar-refractivity contribution in [2.45, 2.75) is 24.3 Å². The quantitative estimate of drug-likeness (QED) is 0.695. The normalized spacial score (nSPS) is 12.9. The minimum Gasteiger partial charge on any atom is -0.385 e. The van der Waals surface area contributed by atoms with Crippen molar-refractivity contribution in [3.05, 3.63) is 24.3 Å². The number of nitrogens with zero attached hydrogens (tertiary/aromatic N) is 1. The van der Waals surface area contributed by atoms with E-state index in [9.17, 15) is 13.2 Å². The Hall–Kier alpha value is -1.68. The molecular formula is C14H23N3O5S. The Morgan fingerprint density at radius 1 is 1.26 bits per heavy atom. The zero-order valence-corrected chi connectivity index (χ0v) is 14.5. The molecule has 1 aromatic rings. The SMILES string of the molecule is COCCC(C)NC(=O)Nc1ccc(S(=O)(=O)N(C)OC)cc1. The molecule has 2 amide bonds. The van der Waals surface area contributed by atoms with E-state index in [1.165, 1.54) is 38.4 Å². The molecule has 0 radical (unpaired) electrons. The van der Waals surface area contributed by atoms with Gasteiger partial charge in [0.05, 0.1) is 12.0 Å². The van der Waals surface area contributed by atoms with Crippen LogP contribution in [0.2, 0.25) is 0 Å². The van der Waals surface area contributed by atoms with Gasteiger partial charge in [-0.15, -0.1) is 0 Å². The number of hydrogen-bond acceptors (Lipinski definition) is 5. The summed E-state index contributed by atoms with van der Waals surface area (Å²) in [6, 6.07) is 5.41. The van der Waals surface area contributed by atoms with E-state index < -0.39 is 10.0 Å². The van der Waals surface area contributed by atoms with Crippen LogP contribution < -0.4 is 10.6 Å². The molecule has 0 aromatic heterocycles. The standard InChI is InChI=1S/C14H23N3O5S/c1-11(9-10-21-3)15-14(18)16-12-5-7-13(8-6-12)23(19,20)17(2)22-4/h5-8,11H,9-10H2,1-4H3,(H2,15,16,18). The van der Waals surface area contributed by atoms with Gasteiger partial charge in [0.1, 0.15) is 0 Å². The average molecular weight is 345 g/mol. The molecule has 0 aliphatic rings. The molecule has 0 bridgehead atoms. The molecule has 0 saturated carbocycles. The lowest BCUT2D eigenvalue weighted by molar-refractivity contribution is -0.0258. The van der Waals surface area contributed by atoms with Gasteiger partial charge in [-0.25, -0.2) is 13.2 Å². The monoisotopic (exact) mass is 345 g/mol. The summed E-state index contributed by atoms with van der Waals surface area (Å²) in [6.45, 7) is 2.43.